The number of carboxylic acids is 2. The van der Waals surface area contributed by atoms with Crippen molar-refractivity contribution in [1.82, 2.24) is 0 Å². The van der Waals surface area contributed by atoms with Crippen LogP contribution in [0.5, 0.6) is 0 Å². The van der Waals surface area contributed by atoms with E-state index in [2.05, 4.69) is 41.5 Å². The molecule has 0 aliphatic carbocycles. The predicted molar refractivity (Wildman–Crippen MR) is 214 cm³/mol. The second-order valence-electron chi connectivity index (χ2n) is 15.9. The Kier molecular flexibility index (Phi) is 38.6. The van der Waals surface area contributed by atoms with E-state index < -0.39 is 11.9 Å². The molecule has 8 heteroatoms. The van der Waals surface area contributed by atoms with Crippen LogP contribution in [0.15, 0.2) is 0 Å². The third kappa shape index (κ3) is 40.6. The second kappa shape index (κ2) is 38.6. The Bertz CT molecular complexity index is 802. The molecule has 52 heavy (non-hydrogen) atoms. The highest BCUT2D eigenvalue weighted by Gasteiger charge is 2.21. The SMILES string of the molecule is CC(C)CCCCCOC(=O)CCCCCCCCC(=O)OCCCCCC(C)C.CCCCC(CC)CC(CCCCCCCC(=O)O)C(=O)O. The van der Waals surface area contributed by atoms with Crippen molar-refractivity contribution in [2.24, 2.45) is 23.7 Å². The first-order valence-corrected chi connectivity index (χ1v) is 21.7. The van der Waals surface area contributed by atoms with E-state index in [4.69, 9.17) is 14.6 Å². The number of hydrogen-bond acceptors (Lipinski definition) is 6. The van der Waals surface area contributed by atoms with Crippen LogP contribution in [0.4, 0.5) is 0 Å². The van der Waals surface area contributed by atoms with Crippen LogP contribution in [0, 0.1) is 23.7 Å². The first kappa shape index (κ1) is 52.0. The standard InChI is InChI=1S/C26H50O4.C18H34O4/c1-23(2)17-11-9-15-21-29-25(27)19-13-7-5-6-8-14-20-26(28)30-22-16-10-12-18-24(3)4;1-3-5-11-15(4-2)14-16(18(21)22)12-9-7-6-8-10-13-17(19)20/h23-24H,5-22H2,1-4H3;15-16H,3-14H2,1-2H3,(H,19,20)(H,21,22). The zero-order valence-electron chi connectivity index (χ0n) is 34.9. The van der Waals surface area contributed by atoms with Crippen LogP contribution in [-0.4, -0.2) is 47.3 Å². The maximum absolute atomic E-state index is 11.7. The van der Waals surface area contributed by atoms with E-state index in [1.807, 2.05) is 0 Å². The summed E-state index contributed by atoms with van der Waals surface area (Å²) in [4.78, 5) is 45.2. The molecule has 2 unspecified atom stereocenters. The Morgan fingerprint density at radius 3 is 1.29 bits per heavy atom. The van der Waals surface area contributed by atoms with Crippen LogP contribution in [0.3, 0.4) is 0 Å². The van der Waals surface area contributed by atoms with Crippen molar-refractivity contribution in [2.45, 2.75) is 221 Å². The predicted octanol–water partition coefficient (Wildman–Crippen LogP) is 12.7. The molecule has 0 bridgehead atoms. The van der Waals surface area contributed by atoms with Gasteiger partial charge in [0.2, 0.25) is 0 Å². The van der Waals surface area contributed by atoms with E-state index in [0.29, 0.717) is 32.0 Å². The molecule has 0 radical (unpaired) electrons. The van der Waals surface area contributed by atoms with Gasteiger partial charge in [0.15, 0.2) is 0 Å². The first-order chi connectivity index (χ1) is 24.9. The Balaban J connectivity index is 0. The van der Waals surface area contributed by atoms with Gasteiger partial charge in [-0.1, -0.05) is 157 Å². The van der Waals surface area contributed by atoms with Crippen LogP contribution in [0.1, 0.15) is 221 Å². The zero-order chi connectivity index (χ0) is 39.2. The molecular weight excluding hydrogens is 656 g/mol. The van der Waals surface area contributed by atoms with Gasteiger partial charge >= 0.3 is 23.9 Å². The molecule has 0 aliphatic rings. The number of rotatable bonds is 36. The lowest BCUT2D eigenvalue weighted by Gasteiger charge is -2.19. The van der Waals surface area contributed by atoms with Crippen LogP contribution in [-0.2, 0) is 28.7 Å². The summed E-state index contributed by atoms with van der Waals surface area (Å²) in [6.45, 7) is 14.4. The second-order valence-corrected chi connectivity index (χ2v) is 15.9. The fraction of sp³-hybridized carbons (Fsp3) is 0.909. The molecular formula is C44H84O8. The summed E-state index contributed by atoms with van der Waals surface area (Å²) < 4.78 is 10.6. The Morgan fingerprint density at radius 2 is 0.885 bits per heavy atom. The smallest absolute Gasteiger partial charge is 0.306 e. The Labute approximate surface area is 320 Å². The lowest BCUT2D eigenvalue weighted by Crippen LogP contribution is -2.18. The molecule has 0 heterocycles. The summed E-state index contributed by atoms with van der Waals surface area (Å²) >= 11 is 0. The molecule has 8 nitrogen and oxygen atoms in total. The molecule has 0 aliphatic heterocycles. The highest BCUT2D eigenvalue weighted by molar-refractivity contribution is 5.70. The van der Waals surface area contributed by atoms with Crippen molar-refractivity contribution < 1.29 is 38.9 Å². The zero-order valence-corrected chi connectivity index (χ0v) is 34.9. The number of aliphatic carboxylic acids is 2. The molecule has 0 spiro atoms. The monoisotopic (exact) mass is 741 g/mol. The highest BCUT2D eigenvalue weighted by Crippen LogP contribution is 2.25. The fourth-order valence-electron chi connectivity index (χ4n) is 6.35. The van der Waals surface area contributed by atoms with E-state index in [-0.39, 0.29) is 24.3 Å². The van der Waals surface area contributed by atoms with Gasteiger partial charge in [0.1, 0.15) is 0 Å². The summed E-state index contributed by atoms with van der Waals surface area (Å²) in [5.74, 6) is 0.366. The minimum Gasteiger partial charge on any atom is -0.481 e. The molecule has 0 fully saturated rings. The van der Waals surface area contributed by atoms with Gasteiger partial charge in [0.25, 0.3) is 0 Å². The van der Waals surface area contributed by atoms with Gasteiger partial charge in [-0.2, -0.15) is 0 Å². The average molecular weight is 741 g/mol. The van der Waals surface area contributed by atoms with Crippen molar-refractivity contribution >= 4 is 23.9 Å². The molecule has 0 amide bonds. The number of carboxylic acid groups (broad SMARTS) is 2. The van der Waals surface area contributed by atoms with Gasteiger partial charge in [0, 0.05) is 19.3 Å². The maximum atomic E-state index is 11.7. The topological polar surface area (TPSA) is 127 Å². The summed E-state index contributed by atoms with van der Waals surface area (Å²) in [5, 5.41) is 17.9. The molecule has 308 valence electrons. The number of carbonyl (C=O) groups is 4. The minimum atomic E-state index is -0.733. The van der Waals surface area contributed by atoms with E-state index in [9.17, 15) is 24.3 Å². The largest absolute Gasteiger partial charge is 0.481 e. The molecule has 0 aromatic rings. The number of ether oxygens (including phenoxy) is 2. The van der Waals surface area contributed by atoms with Gasteiger partial charge in [0.05, 0.1) is 19.1 Å². The summed E-state index contributed by atoms with van der Waals surface area (Å²) in [7, 11) is 0. The van der Waals surface area contributed by atoms with Crippen LogP contribution in [0.25, 0.3) is 0 Å². The number of esters is 2. The molecule has 2 atom stereocenters. The van der Waals surface area contributed by atoms with Gasteiger partial charge in [-0.05, 0) is 62.7 Å². The van der Waals surface area contributed by atoms with Crippen LogP contribution < -0.4 is 0 Å². The molecule has 0 rings (SSSR count). The Morgan fingerprint density at radius 1 is 0.481 bits per heavy atom. The van der Waals surface area contributed by atoms with E-state index in [1.165, 1.54) is 38.5 Å². The maximum Gasteiger partial charge on any atom is 0.306 e. The third-order valence-corrected chi connectivity index (χ3v) is 9.84. The number of hydrogen-bond donors (Lipinski definition) is 2. The lowest BCUT2D eigenvalue weighted by atomic mass is 9.86. The van der Waals surface area contributed by atoms with Crippen molar-refractivity contribution in [3.05, 3.63) is 0 Å². The van der Waals surface area contributed by atoms with Gasteiger partial charge in [-0.25, -0.2) is 0 Å². The van der Waals surface area contributed by atoms with E-state index in [0.717, 1.165) is 134 Å². The normalized spacial score (nSPS) is 12.3. The van der Waals surface area contributed by atoms with Crippen molar-refractivity contribution in [3.63, 3.8) is 0 Å². The van der Waals surface area contributed by atoms with Crippen molar-refractivity contribution in [3.8, 4) is 0 Å². The van der Waals surface area contributed by atoms with Crippen LogP contribution in [0.2, 0.25) is 0 Å². The summed E-state index contributed by atoms with van der Waals surface area (Å²) in [6.07, 6.45) is 27.5. The molecule has 0 aromatic heterocycles. The molecule has 0 aromatic carbocycles. The number of carbonyl (C=O) groups excluding carboxylic acids is 2. The van der Waals surface area contributed by atoms with Crippen LogP contribution >= 0.6 is 0 Å². The van der Waals surface area contributed by atoms with Gasteiger partial charge in [-0.3, -0.25) is 19.2 Å². The van der Waals surface area contributed by atoms with Crippen molar-refractivity contribution in [2.75, 3.05) is 13.2 Å². The fourth-order valence-corrected chi connectivity index (χ4v) is 6.35. The average Bonchev–Trinajstić information content (AvgIpc) is 3.09. The van der Waals surface area contributed by atoms with E-state index >= 15 is 0 Å². The molecule has 2 N–H and O–H groups in total. The first-order valence-electron chi connectivity index (χ1n) is 21.7. The molecule has 0 saturated heterocycles. The summed E-state index contributed by atoms with van der Waals surface area (Å²) in [6, 6.07) is 0. The Hall–Kier alpha value is -2.12. The number of unbranched alkanes of at least 4 members (excludes halogenated alkanes) is 14. The summed E-state index contributed by atoms with van der Waals surface area (Å²) in [5.41, 5.74) is 0. The van der Waals surface area contributed by atoms with Crippen molar-refractivity contribution in [1.29, 1.82) is 0 Å². The highest BCUT2D eigenvalue weighted by atomic mass is 16.5. The minimum absolute atomic E-state index is 0.0502. The quantitative estimate of drug-likeness (QED) is 0.0480. The van der Waals surface area contributed by atoms with Gasteiger partial charge < -0.3 is 19.7 Å². The van der Waals surface area contributed by atoms with Gasteiger partial charge in [-0.15, -0.1) is 0 Å². The molecule has 0 saturated carbocycles. The lowest BCUT2D eigenvalue weighted by molar-refractivity contribution is -0.144. The van der Waals surface area contributed by atoms with E-state index in [1.54, 1.807) is 0 Å². The third-order valence-electron chi connectivity index (χ3n) is 9.84.